The van der Waals surface area contributed by atoms with Crippen molar-refractivity contribution in [3.05, 3.63) is 35.5 Å². The van der Waals surface area contributed by atoms with Crippen LogP contribution in [0.3, 0.4) is 0 Å². The lowest BCUT2D eigenvalue weighted by Crippen LogP contribution is -2.36. The van der Waals surface area contributed by atoms with Crippen molar-refractivity contribution in [3.63, 3.8) is 0 Å². The summed E-state index contributed by atoms with van der Waals surface area (Å²) >= 11 is 6.87. The van der Waals surface area contributed by atoms with Crippen molar-refractivity contribution < 1.29 is 4.79 Å². The Morgan fingerprint density at radius 1 is 1.42 bits per heavy atom. The van der Waals surface area contributed by atoms with E-state index in [2.05, 4.69) is 5.32 Å². The van der Waals surface area contributed by atoms with Gasteiger partial charge in [0, 0.05) is 18.5 Å². The summed E-state index contributed by atoms with van der Waals surface area (Å²) in [7, 11) is 1.78. The zero-order valence-electron chi connectivity index (χ0n) is 11.3. The second-order valence-electron chi connectivity index (χ2n) is 3.85. The van der Waals surface area contributed by atoms with Crippen LogP contribution in [0, 0.1) is 0 Å². The van der Waals surface area contributed by atoms with Crippen molar-refractivity contribution in [1.29, 1.82) is 0 Å². The number of hydrogen-bond acceptors (Lipinski definition) is 3. The lowest BCUT2D eigenvalue weighted by molar-refractivity contribution is -0.105. The third-order valence-electron chi connectivity index (χ3n) is 2.57. The molecule has 0 spiro atoms. The molecule has 0 saturated carbocycles. The second kappa shape index (κ2) is 7.96. The molecule has 0 radical (unpaired) electrons. The molecule has 19 heavy (non-hydrogen) atoms. The van der Waals surface area contributed by atoms with Gasteiger partial charge >= 0.3 is 0 Å². The maximum Gasteiger partial charge on any atom is 0.173 e. The number of aldehydes is 1. The number of likely N-dealkylation sites (N-methyl/N-ethyl adjacent to an activating group) is 1. The molecule has 0 amide bonds. The molecule has 1 aromatic rings. The highest BCUT2D eigenvalue weighted by Gasteiger charge is 2.08. The Hall–Kier alpha value is -1.33. The van der Waals surface area contributed by atoms with E-state index < -0.39 is 0 Å². The minimum absolute atomic E-state index is 0.530. The lowest BCUT2D eigenvalue weighted by atomic mass is 10.2. The molecule has 0 saturated heterocycles. The van der Waals surface area contributed by atoms with Gasteiger partial charge in [0.1, 0.15) is 0 Å². The van der Waals surface area contributed by atoms with Gasteiger partial charge in [-0.25, -0.2) is 0 Å². The summed E-state index contributed by atoms with van der Waals surface area (Å²) in [6.07, 6.45) is 4.66. The molecule has 0 aliphatic heterocycles. The largest absolute Gasteiger partial charge is 0.363 e. The molecule has 0 fully saturated rings. The molecule has 0 atom stereocenters. The smallest absolute Gasteiger partial charge is 0.173 e. The van der Waals surface area contributed by atoms with Crippen LogP contribution < -0.4 is 5.32 Å². The summed E-state index contributed by atoms with van der Waals surface area (Å²) in [5.41, 5.74) is 1.51. The lowest BCUT2D eigenvalue weighted by Gasteiger charge is -2.20. The first-order valence-corrected chi connectivity index (χ1v) is 7.58. The number of nitrogens with one attached hydrogen (secondary N) is 1. The van der Waals surface area contributed by atoms with Gasteiger partial charge in [0.25, 0.3) is 0 Å². The number of hydrogen-bond donors (Lipinski definition) is 1. The van der Waals surface area contributed by atoms with Crippen LogP contribution in [0.2, 0.25) is 0 Å². The van der Waals surface area contributed by atoms with E-state index in [4.69, 9.17) is 12.2 Å². The van der Waals surface area contributed by atoms with Crippen molar-refractivity contribution in [1.82, 2.24) is 10.2 Å². The minimum Gasteiger partial charge on any atom is -0.363 e. The highest BCUT2D eigenvalue weighted by Crippen LogP contribution is 2.16. The number of nitrogens with zero attached hydrogens (tertiary/aromatic N) is 1. The minimum atomic E-state index is 0.530. The number of thioether (sulfide) groups is 1. The van der Waals surface area contributed by atoms with Gasteiger partial charge in [-0.1, -0.05) is 12.1 Å². The van der Waals surface area contributed by atoms with Crippen LogP contribution >= 0.6 is 24.0 Å². The number of rotatable bonds is 5. The Labute approximate surface area is 124 Å². The van der Waals surface area contributed by atoms with Gasteiger partial charge in [-0.3, -0.25) is 4.79 Å². The topological polar surface area (TPSA) is 32.3 Å². The molecule has 102 valence electrons. The molecule has 0 aromatic heterocycles. The molecule has 5 heteroatoms. The summed E-state index contributed by atoms with van der Waals surface area (Å²) in [5.74, 6) is 0. The summed E-state index contributed by atoms with van der Waals surface area (Å²) in [5, 5.41) is 3.56. The van der Waals surface area contributed by atoms with Gasteiger partial charge in [0.15, 0.2) is 11.4 Å². The van der Waals surface area contributed by atoms with Crippen LogP contribution in [0.25, 0.3) is 6.08 Å². The van der Waals surface area contributed by atoms with Crippen molar-refractivity contribution >= 4 is 41.5 Å². The van der Waals surface area contributed by atoms with Crippen molar-refractivity contribution in [3.8, 4) is 0 Å². The first-order chi connectivity index (χ1) is 9.12. The third-order valence-corrected chi connectivity index (χ3v) is 3.73. The Kier molecular flexibility index (Phi) is 6.59. The van der Waals surface area contributed by atoms with Crippen molar-refractivity contribution in [2.45, 2.75) is 11.8 Å². The monoisotopic (exact) mass is 294 g/mol. The van der Waals surface area contributed by atoms with Crippen LogP contribution in [-0.2, 0) is 4.79 Å². The fourth-order valence-corrected chi connectivity index (χ4v) is 2.13. The van der Waals surface area contributed by atoms with Crippen molar-refractivity contribution in [2.24, 2.45) is 0 Å². The van der Waals surface area contributed by atoms with E-state index in [0.717, 1.165) is 18.4 Å². The average molecular weight is 294 g/mol. The number of carbonyl (C=O) groups excluding carboxylic acids is 1. The average Bonchev–Trinajstić information content (AvgIpc) is 2.45. The van der Waals surface area contributed by atoms with E-state index in [1.807, 2.05) is 43.5 Å². The highest BCUT2D eigenvalue weighted by atomic mass is 32.2. The van der Waals surface area contributed by atoms with Gasteiger partial charge in [0.05, 0.1) is 5.70 Å². The highest BCUT2D eigenvalue weighted by molar-refractivity contribution is 7.98. The molecule has 3 nitrogen and oxygen atoms in total. The van der Waals surface area contributed by atoms with E-state index in [1.165, 1.54) is 4.90 Å². The summed E-state index contributed by atoms with van der Waals surface area (Å²) in [4.78, 5) is 14.1. The normalized spacial score (nSPS) is 11.0. The summed E-state index contributed by atoms with van der Waals surface area (Å²) in [6, 6.07) is 8.03. The van der Waals surface area contributed by atoms with Crippen LogP contribution in [0.4, 0.5) is 0 Å². The Morgan fingerprint density at radius 3 is 2.53 bits per heavy atom. The van der Waals surface area contributed by atoms with Crippen LogP contribution in [0.1, 0.15) is 12.5 Å². The van der Waals surface area contributed by atoms with Crippen LogP contribution in [-0.4, -0.2) is 36.1 Å². The molecule has 0 aliphatic rings. The molecule has 0 aliphatic carbocycles. The number of carbonyl (C=O) groups is 1. The maximum atomic E-state index is 11.2. The fourth-order valence-electron chi connectivity index (χ4n) is 1.47. The Morgan fingerprint density at radius 2 is 2.05 bits per heavy atom. The number of thiocarbonyl (C=S) groups is 1. The van der Waals surface area contributed by atoms with Gasteiger partial charge in [-0.2, -0.15) is 0 Å². The van der Waals surface area contributed by atoms with E-state index in [-0.39, 0.29) is 0 Å². The molecule has 1 N–H and O–H groups in total. The molecular formula is C14H18N2OS2. The zero-order chi connectivity index (χ0) is 14.3. The summed E-state index contributed by atoms with van der Waals surface area (Å²) in [6.45, 7) is 2.70. The predicted molar refractivity (Wildman–Crippen MR) is 86.3 cm³/mol. The molecule has 1 rings (SSSR count). The fraction of sp³-hybridized carbons (Fsp3) is 0.286. The Balaban J connectivity index is 2.91. The van der Waals surface area contributed by atoms with E-state index in [9.17, 15) is 4.79 Å². The van der Waals surface area contributed by atoms with Gasteiger partial charge in [0.2, 0.25) is 0 Å². The first-order valence-electron chi connectivity index (χ1n) is 5.94. The SMILES string of the molecule is CCNC(=S)N(C)/C(C=O)=C/c1ccc(SC)cc1. The van der Waals surface area contributed by atoms with E-state index in [1.54, 1.807) is 23.7 Å². The molecule has 1 aromatic carbocycles. The number of benzene rings is 1. The van der Waals surface area contributed by atoms with Gasteiger partial charge in [-0.05, 0) is 49.2 Å². The Bertz CT molecular complexity index is 469. The van der Waals surface area contributed by atoms with Gasteiger partial charge < -0.3 is 10.2 Å². The zero-order valence-corrected chi connectivity index (χ0v) is 13.0. The van der Waals surface area contributed by atoms with E-state index in [0.29, 0.717) is 10.8 Å². The molecule has 0 heterocycles. The van der Waals surface area contributed by atoms with Crippen molar-refractivity contribution in [2.75, 3.05) is 19.8 Å². The van der Waals surface area contributed by atoms with Crippen LogP contribution in [0.15, 0.2) is 34.9 Å². The quantitative estimate of drug-likeness (QED) is 0.391. The molecule has 0 unspecified atom stereocenters. The second-order valence-corrected chi connectivity index (χ2v) is 5.12. The van der Waals surface area contributed by atoms with Crippen LogP contribution in [0.5, 0.6) is 0 Å². The molecule has 0 bridgehead atoms. The standard InChI is InChI=1S/C14H18N2OS2/c1-4-15-14(18)16(2)12(10-17)9-11-5-7-13(19-3)8-6-11/h5-10H,4H2,1-3H3,(H,15,18)/b12-9+. The maximum absolute atomic E-state index is 11.2. The third kappa shape index (κ3) is 4.69. The number of allylic oxidation sites excluding steroid dienone is 1. The predicted octanol–water partition coefficient (Wildman–Crippen LogP) is 2.77. The summed E-state index contributed by atoms with van der Waals surface area (Å²) < 4.78 is 0. The van der Waals surface area contributed by atoms with Gasteiger partial charge in [-0.15, -0.1) is 11.8 Å². The molecular weight excluding hydrogens is 276 g/mol. The first kappa shape index (κ1) is 15.7. The van der Waals surface area contributed by atoms with E-state index >= 15 is 0 Å².